The summed E-state index contributed by atoms with van der Waals surface area (Å²) in [5.74, 6) is 0.700. The predicted molar refractivity (Wildman–Crippen MR) is 67.3 cm³/mol. The molecule has 0 radical (unpaired) electrons. The van der Waals surface area contributed by atoms with Gasteiger partial charge in [0.2, 0.25) is 0 Å². The third-order valence-corrected chi connectivity index (χ3v) is 3.09. The van der Waals surface area contributed by atoms with Gasteiger partial charge in [0.05, 0.1) is 12.8 Å². The monoisotopic (exact) mass is 254 g/mol. The lowest BCUT2D eigenvalue weighted by atomic mass is 10.2. The van der Waals surface area contributed by atoms with E-state index in [0.717, 1.165) is 11.3 Å². The van der Waals surface area contributed by atoms with E-state index in [2.05, 4.69) is 4.98 Å². The molecule has 0 aliphatic heterocycles. The topological polar surface area (TPSA) is 29.9 Å². The Bertz CT molecular complexity index is 574. The summed E-state index contributed by atoms with van der Waals surface area (Å²) in [5, 5.41) is 0.683. The number of rotatable bonds is 2. The van der Waals surface area contributed by atoms with Gasteiger partial charge in [-0.05, 0) is 30.8 Å². The van der Waals surface area contributed by atoms with Crippen LogP contribution in [0, 0.1) is 11.7 Å². The van der Waals surface area contributed by atoms with E-state index in [4.69, 9.17) is 28.6 Å². The van der Waals surface area contributed by atoms with Crippen LogP contribution in [0.25, 0.3) is 5.69 Å². The van der Waals surface area contributed by atoms with Crippen LogP contribution in [0.2, 0.25) is 5.02 Å². The molecule has 16 heavy (non-hydrogen) atoms. The fraction of sp³-hybridized carbons (Fsp3) is 0.182. The summed E-state index contributed by atoms with van der Waals surface area (Å²) in [6.45, 7) is 1.95. The van der Waals surface area contributed by atoms with Crippen molar-refractivity contribution in [3.8, 4) is 11.4 Å². The van der Waals surface area contributed by atoms with Crippen LogP contribution in [0.3, 0.4) is 0 Å². The molecule has 2 rings (SSSR count). The molecule has 3 nitrogen and oxygen atoms in total. The van der Waals surface area contributed by atoms with Gasteiger partial charge in [0.25, 0.3) is 0 Å². The number of halogens is 1. The molecule has 5 heteroatoms. The van der Waals surface area contributed by atoms with Gasteiger partial charge in [-0.15, -0.1) is 0 Å². The smallest absolute Gasteiger partial charge is 0.181 e. The van der Waals surface area contributed by atoms with Crippen LogP contribution >= 0.6 is 23.8 Å². The lowest BCUT2D eigenvalue weighted by molar-refractivity contribution is 0.412. The summed E-state index contributed by atoms with van der Waals surface area (Å²) in [6.07, 6.45) is 3.64. The molecule has 0 bridgehead atoms. The highest BCUT2D eigenvalue weighted by atomic mass is 35.5. The normalized spacial score (nSPS) is 10.4. The Labute approximate surface area is 104 Å². The molecule has 0 saturated heterocycles. The maximum absolute atomic E-state index is 6.04. The minimum Gasteiger partial charge on any atom is -0.495 e. The Morgan fingerprint density at radius 1 is 1.44 bits per heavy atom. The molecule has 0 saturated carbocycles. The third kappa shape index (κ3) is 1.86. The molecular weight excluding hydrogens is 244 g/mol. The van der Waals surface area contributed by atoms with Crippen LogP contribution in [0.4, 0.5) is 0 Å². The fourth-order valence-corrected chi connectivity index (χ4v) is 1.89. The Kier molecular flexibility index (Phi) is 3.03. The number of nitrogens with zero attached hydrogens (tertiary/aromatic N) is 1. The second-order valence-electron chi connectivity index (χ2n) is 3.41. The van der Waals surface area contributed by atoms with Crippen molar-refractivity contribution in [3.05, 3.63) is 39.9 Å². The molecule has 1 N–H and O–H groups in total. The summed E-state index contributed by atoms with van der Waals surface area (Å²) < 4.78 is 7.76. The quantitative estimate of drug-likeness (QED) is 0.832. The van der Waals surface area contributed by atoms with Crippen molar-refractivity contribution >= 4 is 23.8 Å². The van der Waals surface area contributed by atoms with Crippen molar-refractivity contribution in [3.63, 3.8) is 0 Å². The Morgan fingerprint density at radius 2 is 2.19 bits per heavy atom. The van der Waals surface area contributed by atoms with E-state index in [1.807, 2.05) is 23.8 Å². The summed E-state index contributed by atoms with van der Waals surface area (Å²) in [7, 11) is 1.61. The van der Waals surface area contributed by atoms with Gasteiger partial charge >= 0.3 is 0 Å². The lowest BCUT2D eigenvalue weighted by Gasteiger charge is -2.11. The van der Waals surface area contributed by atoms with E-state index in [-0.39, 0.29) is 0 Å². The van der Waals surface area contributed by atoms with E-state index in [1.165, 1.54) is 0 Å². The molecule has 1 aromatic carbocycles. The molecule has 84 valence electrons. The first-order valence-corrected chi connectivity index (χ1v) is 5.52. The number of aromatic nitrogens is 2. The van der Waals surface area contributed by atoms with E-state index in [9.17, 15) is 0 Å². The molecule has 0 aliphatic rings. The average molecular weight is 255 g/mol. The van der Waals surface area contributed by atoms with Crippen LogP contribution in [-0.4, -0.2) is 16.7 Å². The van der Waals surface area contributed by atoms with Crippen molar-refractivity contribution in [1.82, 2.24) is 9.55 Å². The zero-order valence-electron chi connectivity index (χ0n) is 8.95. The second-order valence-corrected chi connectivity index (χ2v) is 4.20. The van der Waals surface area contributed by atoms with Crippen molar-refractivity contribution in [2.45, 2.75) is 6.92 Å². The van der Waals surface area contributed by atoms with E-state index in [0.29, 0.717) is 15.5 Å². The molecule has 1 aromatic heterocycles. The number of nitrogens with one attached hydrogen (secondary N) is 1. The SMILES string of the molecule is COc1cc(Cl)c(C)cc1-n1cc[nH]c1=S. The van der Waals surface area contributed by atoms with Gasteiger partial charge in [-0.2, -0.15) is 0 Å². The van der Waals surface area contributed by atoms with Gasteiger partial charge in [0.1, 0.15) is 5.75 Å². The van der Waals surface area contributed by atoms with Crippen LogP contribution < -0.4 is 4.74 Å². The number of hydrogen-bond donors (Lipinski definition) is 1. The highest BCUT2D eigenvalue weighted by Gasteiger charge is 2.09. The zero-order valence-corrected chi connectivity index (χ0v) is 10.5. The standard InChI is InChI=1S/C11H11ClN2OS/c1-7-5-9(10(15-2)6-8(7)12)14-4-3-13-11(14)16/h3-6H,1-2H3,(H,13,16). The second kappa shape index (κ2) is 4.31. The van der Waals surface area contributed by atoms with Crippen molar-refractivity contribution < 1.29 is 4.74 Å². The maximum atomic E-state index is 6.04. The molecule has 0 unspecified atom stereocenters. The number of benzene rings is 1. The van der Waals surface area contributed by atoms with Crippen molar-refractivity contribution in [2.75, 3.05) is 7.11 Å². The van der Waals surface area contributed by atoms with Gasteiger partial charge < -0.3 is 9.72 Å². The lowest BCUT2D eigenvalue weighted by Crippen LogP contribution is -1.98. The van der Waals surface area contributed by atoms with Gasteiger partial charge in [0, 0.05) is 23.5 Å². The third-order valence-electron chi connectivity index (χ3n) is 2.37. The first kappa shape index (κ1) is 11.2. The highest BCUT2D eigenvalue weighted by molar-refractivity contribution is 7.71. The largest absolute Gasteiger partial charge is 0.495 e. The summed E-state index contributed by atoms with van der Waals surface area (Å²) in [5.41, 5.74) is 1.87. The van der Waals surface area contributed by atoms with Gasteiger partial charge in [0.15, 0.2) is 4.77 Å². The molecule has 0 amide bonds. The van der Waals surface area contributed by atoms with Gasteiger partial charge in [-0.3, -0.25) is 4.57 Å². The number of aromatic amines is 1. The minimum atomic E-state index is 0.625. The van der Waals surface area contributed by atoms with Crippen LogP contribution in [0.1, 0.15) is 5.56 Å². The number of aryl methyl sites for hydroxylation is 1. The molecular formula is C11H11ClN2OS. The summed E-state index contributed by atoms with van der Waals surface area (Å²) >= 11 is 11.2. The van der Waals surface area contributed by atoms with Crippen LogP contribution in [0.5, 0.6) is 5.75 Å². The fourth-order valence-electron chi connectivity index (χ4n) is 1.51. The number of H-pyrrole nitrogens is 1. The first-order valence-electron chi connectivity index (χ1n) is 4.74. The van der Waals surface area contributed by atoms with E-state index in [1.54, 1.807) is 19.4 Å². The number of imidazole rings is 1. The van der Waals surface area contributed by atoms with Gasteiger partial charge in [-0.1, -0.05) is 11.6 Å². The Balaban J connectivity index is 2.69. The Hall–Kier alpha value is -1.26. The molecule has 2 aromatic rings. The van der Waals surface area contributed by atoms with Crippen molar-refractivity contribution in [2.24, 2.45) is 0 Å². The minimum absolute atomic E-state index is 0.625. The molecule has 0 fully saturated rings. The molecule has 0 spiro atoms. The summed E-state index contributed by atoms with van der Waals surface area (Å²) in [6, 6.07) is 3.74. The van der Waals surface area contributed by atoms with Gasteiger partial charge in [-0.25, -0.2) is 0 Å². The summed E-state index contributed by atoms with van der Waals surface area (Å²) in [4.78, 5) is 2.94. The van der Waals surface area contributed by atoms with E-state index >= 15 is 0 Å². The maximum Gasteiger partial charge on any atom is 0.181 e. The molecule has 0 aliphatic carbocycles. The average Bonchev–Trinajstić information content (AvgIpc) is 2.68. The molecule has 1 heterocycles. The first-order chi connectivity index (χ1) is 7.63. The van der Waals surface area contributed by atoms with Crippen LogP contribution in [-0.2, 0) is 0 Å². The number of hydrogen-bond acceptors (Lipinski definition) is 2. The zero-order chi connectivity index (χ0) is 11.7. The number of ether oxygens (including phenoxy) is 1. The Morgan fingerprint density at radius 3 is 2.75 bits per heavy atom. The van der Waals surface area contributed by atoms with Crippen LogP contribution in [0.15, 0.2) is 24.5 Å². The predicted octanol–water partition coefficient (Wildman–Crippen LogP) is 3.51. The number of methoxy groups -OCH3 is 1. The van der Waals surface area contributed by atoms with Crippen molar-refractivity contribution in [1.29, 1.82) is 0 Å². The van der Waals surface area contributed by atoms with E-state index < -0.39 is 0 Å². The molecule has 0 atom stereocenters. The highest BCUT2D eigenvalue weighted by Crippen LogP contribution is 2.29.